The Balaban J connectivity index is 1.29. The zero-order valence-electron chi connectivity index (χ0n) is 18.8. The van der Waals surface area contributed by atoms with Gasteiger partial charge in [-0.2, -0.15) is 23.5 Å². The number of alkyl halides is 3. The van der Waals surface area contributed by atoms with E-state index in [1.807, 2.05) is 16.1 Å². The minimum atomic E-state index is -4.81. The van der Waals surface area contributed by atoms with Gasteiger partial charge in [-0.1, -0.05) is 0 Å². The highest BCUT2D eigenvalue weighted by Crippen LogP contribution is 2.36. The van der Waals surface area contributed by atoms with E-state index >= 15 is 0 Å². The summed E-state index contributed by atoms with van der Waals surface area (Å²) in [4.78, 5) is 33.9. The maximum absolute atomic E-state index is 13.4. The highest BCUT2D eigenvalue weighted by atomic mass is 19.4. The van der Waals surface area contributed by atoms with Gasteiger partial charge in [0.1, 0.15) is 24.1 Å². The third-order valence-corrected chi connectivity index (χ3v) is 6.18. The highest BCUT2D eigenvalue weighted by Gasteiger charge is 2.40. The molecular weight excluding hydrogens is 467 g/mol. The van der Waals surface area contributed by atoms with E-state index in [1.165, 1.54) is 11.1 Å². The van der Waals surface area contributed by atoms with Crippen LogP contribution in [0.1, 0.15) is 24.0 Å². The van der Waals surface area contributed by atoms with Crippen molar-refractivity contribution < 1.29 is 22.7 Å². The SMILES string of the molecule is N#Cc1ccc(N2CCN(C(=O)COC[C@@H]3CCCN3c3cn[nH]c(=O)c3C(F)(F)F)CC2)nc1. The molecule has 13 heteroatoms. The standard InChI is InChI=1S/C22H24F3N7O3/c23-22(24,25)20-17(12-28-29-21(20)34)32-5-1-2-16(32)13-35-14-19(33)31-8-6-30(7-9-31)18-4-3-15(10-26)11-27-18/h3-4,11-12,16H,1-2,5-9,13-14H2,(H,29,34)/t16-/m0/s1. The summed E-state index contributed by atoms with van der Waals surface area (Å²) < 4.78 is 45.9. The molecule has 0 radical (unpaired) electrons. The van der Waals surface area contributed by atoms with Crippen LogP contribution in [-0.4, -0.2) is 78.0 Å². The lowest BCUT2D eigenvalue weighted by molar-refractivity contribution is -0.138. The molecule has 4 heterocycles. The molecule has 1 atom stereocenters. The van der Waals surface area contributed by atoms with Gasteiger partial charge in [0.15, 0.2) is 0 Å². The second kappa shape index (κ2) is 10.3. The summed E-state index contributed by atoms with van der Waals surface area (Å²) in [6, 6.07) is 5.09. The first kappa shape index (κ1) is 24.5. The predicted molar refractivity (Wildman–Crippen MR) is 119 cm³/mol. The molecule has 0 saturated carbocycles. The van der Waals surface area contributed by atoms with Crippen molar-refractivity contribution in [2.45, 2.75) is 25.1 Å². The number of ether oxygens (including phenoxy) is 1. The predicted octanol–water partition coefficient (Wildman–Crippen LogP) is 1.39. The number of rotatable bonds is 6. The second-order valence-electron chi connectivity index (χ2n) is 8.35. The number of H-pyrrole nitrogens is 1. The van der Waals surface area contributed by atoms with Crippen molar-refractivity contribution in [1.82, 2.24) is 20.1 Å². The zero-order valence-corrected chi connectivity index (χ0v) is 18.8. The number of nitrogens with zero attached hydrogens (tertiary/aromatic N) is 6. The maximum atomic E-state index is 13.4. The van der Waals surface area contributed by atoms with Crippen molar-refractivity contribution >= 4 is 17.4 Å². The number of halogens is 3. The van der Waals surface area contributed by atoms with E-state index in [0.717, 1.165) is 12.0 Å². The summed E-state index contributed by atoms with van der Waals surface area (Å²) >= 11 is 0. The minimum absolute atomic E-state index is 0.0605. The van der Waals surface area contributed by atoms with Crippen LogP contribution in [-0.2, 0) is 15.7 Å². The number of carbonyl (C=O) groups is 1. The lowest BCUT2D eigenvalue weighted by atomic mass is 10.2. The molecule has 2 aliphatic heterocycles. The maximum Gasteiger partial charge on any atom is 0.423 e. The molecule has 0 unspecified atom stereocenters. The summed E-state index contributed by atoms with van der Waals surface area (Å²) in [6.45, 7) is 2.33. The smallest absolute Gasteiger partial charge is 0.369 e. The molecule has 2 aliphatic rings. The zero-order chi connectivity index (χ0) is 25.0. The number of nitrogens with one attached hydrogen (secondary N) is 1. The molecule has 0 aliphatic carbocycles. The molecule has 0 bridgehead atoms. The summed E-state index contributed by atoms with van der Waals surface area (Å²) in [5.41, 5.74) is -2.35. The molecule has 186 valence electrons. The van der Waals surface area contributed by atoms with E-state index in [9.17, 15) is 22.8 Å². The first-order valence-corrected chi connectivity index (χ1v) is 11.2. The lowest BCUT2D eigenvalue weighted by Crippen LogP contribution is -2.50. The summed E-state index contributed by atoms with van der Waals surface area (Å²) in [6.07, 6.45) is -1.08. The van der Waals surface area contributed by atoms with Gasteiger partial charge < -0.3 is 19.4 Å². The van der Waals surface area contributed by atoms with Crippen LogP contribution >= 0.6 is 0 Å². The van der Waals surface area contributed by atoms with Crippen molar-refractivity contribution in [2.75, 3.05) is 55.7 Å². The molecule has 0 spiro atoms. The van der Waals surface area contributed by atoms with Gasteiger partial charge in [0.25, 0.3) is 5.56 Å². The number of hydrogen-bond donors (Lipinski definition) is 1. The monoisotopic (exact) mass is 491 g/mol. The van der Waals surface area contributed by atoms with Gasteiger partial charge in [-0.05, 0) is 25.0 Å². The van der Waals surface area contributed by atoms with Crippen molar-refractivity contribution in [1.29, 1.82) is 5.26 Å². The number of amides is 1. The van der Waals surface area contributed by atoms with Crippen LogP contribution in [0.25, 0.3) is 0 Å². The Morgan fingerprint density at radius 2 is 1.97 bits per heavy atom. The van der Waals surface area contributed by atoms with Gasteiger partial charge in [-0.3, -0.25) is 9.59 Å². The average Bonchev–Trinajstić information content (AvgIpc) is 3.31. The largest absolute Gasteiger partial charge is 0.423 e. The molecule has 10 nitrogen and oxygen atoms in total. The number of carbonyl (C=O) groups excluding carboxylic acids is 1. The highest BCUT2D eigenvalue weighted by molar-refractivity contribution is 5.77. The summed E-state index contributed by atoms with van der Waals surface area (Å²) in [7, 11) is 0. The Hall–Kier alpha value is -3.66. The van der Waals surface area contributed by atoms with Gasteiger partial charge in [0.05, 0.1) is 30.1 Å². The van der Waals surface area contributed by atoms with Gasteiger partial charge in [-0.15, -0.1) is 0 Å². The van der Waals surface area contributed by atoms with Crippen LogP contribution in [0.2, 0.25) is 0 Å². The number of anilines is 2. The number of hydrogen-bond acceptors (Lipinski definition) is 8. The Kier molecular flexibility index (Phi) is 7.20. The Morgan fingerprint density at radius 3 is 2.63 bits per heavy atom. The lowest BCUT2D eigenvalue weighted by Gasteiger charge is -2.35. The van der Waals surface area contributed by atoms with E-state index in [-0.39, 0.29) is 24.8 Å². The van der Waals surface area contributed by atoms with Crippen molar-refractivity contribution in [3.8, 4) is 6.07 Å². The molecule has 2 aromatic rings. The van der Waals surface area contributed by atoms with Crippen molar-refractivity contribution in [3.05, 3.63) is 46.0 Å². The summed E-state index contributed by atoms with van der Waals surface area (Å²) in [5, 5.41) is 14.3. The van der Waals surface area contributed by atoms with Crippen molar-refractivity contribution in [2.24, 2.45) is 0 Å². The fraction of sp³-hybridized carbons (Fsp3) is 0.500. The summed E-state index contributed by atoms with van der Waals surface area (Å²) in [5.74, 6) is 0.539. The van der Waals surface area contributed by atoms with E-state index in [0.29, 0.717) is 51.1 Å². The van der Waals surface area contributed by atoms with Gasteiger partial charge >= 0.3 is 6.18 Å². The molecule has 2 saturated heterocycles. The third-order valence-electron chi connectivity index (χ3n) is 6.18. The fourth-order valence-electron chi connectivity index (χ4n) is 4.40. The quantitative estimate of drug-likeness (QED) is 0.644. The molecule has 2 fully saturated rings. The Bertz CT molecular complexity index is 1140. The number of aromatic amines is 1. The van der Waals surface area contributed by atoms with Crippen LogP contribution in [0.4, 0.5) is 24.7 Å². The molecular formula is C22H24F3N7O3. The Labute approximate surface area is 198 Å². The van der Waals surface area contributed by atoms with Gasteiger partial charge in [0.2, 0.25) is 5.91 Å². The third kappa shape index (κ3) is 5.54. The van der Waals surface area contributed by atoms with E-state index in [1.54, 1.807) is 17.0 Å². The van der Waals surface area contributed by atoms with Crippen LogP contribution in [0.15, 0.2) is 29.3 Å². The fourth-order valence-corrected chi connectivity index (χ4v) is 4.40. The number of nitriles is 1. The topological polar surface area (TPSA) is 118 Å². The normalized spacial score (nSPS) is 18.6. The Morgan fingerprint density at radius 1 is 1.20 bits per heavy atom. The van der Waals surface area contributed by atoms with Crippen LogP contribution in [0, 0.1) is 11.3 Å². The molecule has 2 aromatic heterocycles. The minimum Gasteiger partial charge on any atom is -0.369 e. The van der Waals surface area contributed by atoms with Crippen LogP contribution in [0.5, 0.6) is 0 Å². The van der Waals surface area contributed by atoms with Crippen LogP contribution < -0.4 is 15.4 Å². The number of pyridine rings is 1. The van der Waals surface area contributed by atoms with Crippen molar-refractivity contribution in [3.63, 3.8) is 0 Å². The van der Waals surface area contributed by atoms with Crippen LogP contribution in [0.3, 0.4) is 0 Å². The first-order valence-electron chi connectivity index (χ1n) is 11.2. The van der Waals surface area contributed by atoms with E-state index < -0.39 is 23.3 Å². The molecule has 35 heavy (non-hydrogen) atoms. The first-order chi connectivity index (χ1) is 16.8. The van der Waals surface area contributed by atoms with Gasteiger partial charge in [-0.25, -0.2) is 10.1 Å². The van der Waals surface area contributed by atoms with E-state index in [4.69, 9.17) is 10.00 Å². The van der Waals surface area contributed by atoms with E-state index in [2.05, 4.69) is 10.1 Å². The number of aromatic nitrogens is 3. The second-order valence-corrected chi connectivity index (χ2v) is 8.35. The molecule has 0 aromatic carbocycles. The van der Waals surface area contributed by atoms with Gasteiger partial charge in [0, 0.05) is 38.9 Å². The molecule has 4 rings (SSSR count). The average molecular weight is 491 g/mol. The molecule has 1 N–H and O–H groups in total. The molecule has 1 amide bonds. The number of piperazine rings is 1.